The molecule has 0 spiro atoms. The summed E-state index contributed by atoms with van der Waals surface area (Å²) in [7, 11) is 0. The Morgan fingerprint density at radius 1 is 0.927 bits per heavy atom. The summed E-state index contributed by atoms with van der Waals surface area (Å²) in [4.78, 5) is 43.7. The van der Waals surface area contributed by atoms with E-state index >= 15 is 0 Å². The molecule has 0 aliphatic carbocycles. The predicted molar refractivity (Wildman–Crippen MR) is 157 cm³/mol. The third-order valence-electron chi connectivity index (χ3n) is 6.52. The van der Waals surface area contributed by atoms with Crippen LogP contribution in [0.15, 0.2) is 42.7 Å². The first-order chi connectivity index (χ1) is 19.2. The molecule has 41 heavy (non-hydrogen) atoms. The second-order valence-electron chi connectivity index (χ2n) is 11.1. The number of carbonyl (C=O) groups is 3. The van der Waals surface area contributed by atoms with E-state index in [0.29, 0.717) is 79.5 Å². The van der Waals surface area contributed by atoms with Crippen LogP contribution < -0.4 is 10.00 Å². The van der Waals surface area contributed by atoms with E-state index in [1.807, 2.05) is 24.3 Å². The Balaban J connectivity index is 0.00000110. The summed E-state index contributed by atoms with van der Waals surface area (Å²) in [5, 5.41) is 12.4. The molecular weight excluding hydrogens is 591 g/mol. The van der Waals surface area contributed by atoms with Crippen LogP contribution in [0.4, 0.5) is 5.69 Å². The number of carbonyl (C=O) groups excluding carboxylic acids is 3. The van der Waals surface area contributed by atoms with Crippen molar-refractivity contribution in [3.05, 3.63) is 55.2 Å². The maximum atomic E-state index is 13.4. The Hall–Kier alpha value is -2.58. The normalized spacial score (nSPS) is 11.7. The quantitative estimate of drug-likeness (QED) is 0.225. The number of aromatic nitrogens is 4. The number of nitrogens with zero attached hydrogens (tertiary/aromatic N) is 5. The molecule has 0 bridgehead atoms. The Morgan fingerprint density at radius 2 is 1.56 bits per heavy atom. The largest absolute Gasteiger partial charge is 0.349 e. The molecular formula is C32H41N5O3Y-2. The summed E-state index contributed by atoms with van der Waals surface area (Å²) in [6, 6.07) is 9.61. The topological polar surface area (TPSA) is 107 Å². The Kier molecular flexibility index (Phi) is 14.7. The molecule has 1 aliphatic heterocycles. The standard InChI is InChI=1S/C28H32N5O3.C4H9.Y/c1-19(2)13-14-22(35)9-5-8-21(34)10-6-12-26(36)33-18-20-7-3-4-11-23(20)27-28(31-32-30-27)24-17-29-16-15-25(24)33;1-4(2)3;/h3-4,7,11,15-17,19H,5-6,8-10,12-14,18H2,1-2H3;4H,1H2,2-3H3;/q2*-1;. The van der Waals surface area contributed by atoms with Crippen molar-refractivity contribution in [3.63, 3.8) is 0 Å². The fourth-order valence-electron chi connectivity index (χ4n) is 4.50. The van der Waals surface area contributed by atoms with Gasteiger partial charge in [-0.1, -0.05) is 52.0 Å². The van der Waals surface area contributed by atoms with Crippen LogP contribution in [0.5, 0.6) is 0 Å². The number of anilines is 1. The number of benzene rings is 1. The second-order valence-corrected chi connectivity index (χ2v) is 11.1. The molecule has 3 aromatic rings. The molecule has 2 aromatic heterocycles. The molecule has 0 saturated heterocycles. The van der Waals surface area contributed by atoms with Gasteiger partial charge in [0.25, 0.3) is 0 Å². The van der Waals surface area contributed by atoms with Crippen molar-refractivity contribution in [1.82, 2.24) is 20.4 Å². The van der Waals surface area contributed by atoms with Gasteiger partial charge in [-0.15, -0.1) is 0 Å². The Labute approximate surface area is 269 Å². The molecule has 0 fully saturated rings. The van der Waals surface area contributed by atoms with Gasteiger partial charge in [-0.2, -0.15) is 5.92 Å². The van der Waals surface area contributed by atoms with Gasteiger partial charge in [-0.25, -0.2) is 0 Å². The smallest absolute Gasteiger partial charge is 0.227 e. The molecule has 0 atom stereocenters. The Morgan fingerprint density at radius 3 is 2.24 bits per heavy atom. The Bertz CT molecular complexity index is 1280. The van der Waals surface area contributed by atoms with E-state index in [1.54, 1.807) is 23.4 Å². The molecule has 9 heteroatoms. The molecule has 217 valence electrons. The van der Waals surface area contributed by atoms with Crippen molar-refractivity contribution in [1.29, 1.82) is 0 Å². The van der Waals surface area contributed by atoms with E-state index in [9.17, 15) is 14.4 Å². The number of rotatable bonds is 11. The summed E-state index contributed by atoms with van der Waals surface area (Å²) >= 11 is 0. The van der Waals surface area contributed by atoms with Crippen molar-refractivity contribution < 1.29 is 47.1 Å². The predicted octanol–water partition coefficient (Wildman–Crippen LogP) is 6.40. The molecule has 3 heterocycles. The van der Waals surface area contributed by atoms with Crippen LogP contribution in [0, 0.1) is 18.8 Å². The van der Waals surface area contributed by atoms with Crippen LogP contribution >= 0.6 is 0 Å². The van der Waals surface area contributed by atoms with E-state index in [4.69, 9.17) is 0 Å². The summed E-state index contributed by atoms with van der Waals surface area (Å²) in [6.07, 6.45) is 7.31. The minimum absolute atomic E-state index is 0. The van der Waals surface area contributed by atoms with Gasteiger partial charge in [0.05, 0.1) is 12.2 Å². The van der Waals surface area contributed by atoms with Crippen molar-refractivity contribution in [2.24, 2.45) is 11.8 Å². The van der Waals surface area contributed by atoms with Crippen LogP contribution in [0.1, 0.15) is 84.6 Å². The minimum Gasteiger partial charge on any atom is -0.349 e. The van der Waals surface area contributed by atoms with E-state index in [0.717, 1.165) is 17.5 Å². The average Bonchev–Trinajstić information content (AvgIpc) is 3.39. The van der Waals surface area contributed by atoms with Gasteiger partial charge in [-0.3, -0.25) is 24.6 Å². The summed E-state index contributed by atoms with van der Waals surface area (Å²) in [6.45, 7) is 12.3. The molecule has 8 nitrogen and oxygen atoms in total. The fourth-order valence-corrected chi connectivity index (χ4v) is 4.50. The fraction of sp³-hybridized carbons (Fsp3) is 0.469. The molecule has 1 amide bonds. The van der Waals surface area contributed by atoms with E-state index < -0.39 is 0 Å². The van der Waals surface area contributed by atoms with Crippen LogP contribution in [0.2, 0.25) is 0 Å². The zero-order valence-electron chi connectivity index (χ0n) is 24.8. The van der Waals surface area contributed by atoms with Gasteiger partial charge >= 0.3 is 0 Å². The van der Waals surface area contributed by atoms with Gasteiger partial charge in [0, 0.05) is 82.8 Å². The van der Waals surface area contributed by atoms with Crippen LogP contribution in [-0.2, 0) is 53.6 Å². The SMILES string of the molecule is CC(C)CCC(=O)CCCC(=O)CCCC(=O)N1Cc2ccccc2-c2[n-]nnc2-c2cnccc21.[CH2-]C(C)C.[Y]. The van der Waals surface area contributed by atoms with Crippen molar-refractivity contribution >= 4 is 23.2 Å². The zero-order chi connectivity index (χ0) is 29.1. The average molecular weight is 633 g/mol. The maximum Gasteiger partial charge on any atom is 0.227 e. The third kappa shape index (κ3) is 10.6. The number of hydrogen-bond acceptors (Lipinski definition) is 6. The molecule has 0 N–H and O–H groups in total. The number of hydrogen-bond donors (Lipinski definition) is 0. The van der Waals surface area contributed by atoms with Gasteiger partial charge in [0.1, 0.15) is 11.6 Å². The van der Waals surface area contributed by atoms with Crippen LogP contribution in [0.25, 0.3) is 22.5 Å². The van der Waals surface area contributed by atoms with E-state index in [1.165, 1.54) is 0 Å². The second kappa shape index (κ2) is 17.4. The summed E-state index contributed by atoms with van der Waals surface area (Å²) < 4.78 is 0. The number of fused-ring (bicyclic) bond motifs is 5. The molecule has 1 aromatic carbocycles. The van der Waals surface area contributed by atoms with Gasteiger partial charge < -0.3 is 22.0 Å². The molecule has 1 radical (unpaired) electrons. The van der Waals surface area contributed by atoms with E-state index in [-0.39, 0.29) is 56.6 Å². The first kappa shape index (κ1) is 34.6. The first-order valence-corrected chi connectivity index (χ1v) is 14.2. The zero-order valence-corrected chi connectivity index (χ0v) is 27.6. The van der Waals surface area contributed by atoms with E-state index in [2.05, 4.69) is 55.0 Å². The number of amides is 1. The minimum atomic E-state index is -0.0650. The molecule has 0 saturated carbocycles. The number of pyridine rings is 1. The number of Topliss-reactive ketones (excluding diaryl/α,β-unsaturated/α-hetero) is 2. The van der Waals surface area contributed by atoms with Crippen molar-refractivity contribution in [3.8, 4) is 22.5 Å². The number of ketones is 2. The summed E-state index contributed by atoms with van der Waals surface area (Å²) in [5.41, 5.74) is 4.54. The first-order valence-electron chi connectivity index (χ1n) is 14.2. The molecule has 1 aliphatic rings. The molecule has 0 unspecified atom stereocenters. The van der Waals surface area contributed by atoms with Crippen LogP contribution in [0.3, 0.4) is 0 Å². The maximum absolute atomic E-state index is 13.4. The van der Waals surface area contributed by atoms with Crippen molar-refractivity contribution in [2.45, 2.75) is 85.6 Å². The third-order valence-corrected chi connectivity index (χ3v) is 6.52. The van der Waals surface area contributed by atoms with Crippen LogP contribution in [-0.4, -0.2) is 32.8 Å². The summed E-state index contributed by atoms with van der Waals surface area (Å²) in [5.74, 6) is 1.36. The monoisotopic (exact) mass is 632 g/mol. The molecule has 4 rings (SSSR count). The van der Waals surface area contributed by atoms with Crippen molar-refractivity contribution in [2.75, 3.05) is 4.90 Å². The van der Waals surface area contributed by atoms with Gasteiger partial charge in [0.15, 0.2) is 0 Å². The van der Waals surface area contributed by atoms with Gasteiger partial charge in [-0.05, 0) is 53.8 Å². The van der Waals surface area contributed by atoms with Gasteiger partial charge in [0.2, 0.25) is 5.91 Å².